The van der Waals surface area contributed by atoms with Gasteiger partial charge in [0.1, 0.15) is 4.83 Å². The first-order valence-electron chi connectivity index (χ1n) is 5.44. The second kappa shape index (κ2) is 5.12. The number of rotatable bonds is 4. The maximum atomic E-state index is 12.2. The summed E-state index contributed by atoms with van der Waals surface area (Å²) in [5.41, 5.74) is 0.0174. The van der Waals surface area contributed by atoms with E-state index in [1.54, 1.807) is 4.57 Å². The van der Waals surface area contributed by atoms with E-state index in [0.29, 0.717) is 11.3 Å². The van der Waals surface area contributed by atoms with Crippen molar-refractivity contribution in [1.82, 2.24) is 14.5 Å². The number of H-pyrrole nitrogens is 1. The topological polar surface area (TPSA) is 41.0 Å². The molecule has 0 saturated carbocycles. The molecule has 2 heterocycles. The highest BCUT2D eigenvalue weighted by molar-refractivity contribution is 7.71. The number of fused-ring (bicyclic) bond motifs is 1. The van der Waals surface area contributed by atoms with Crippen molar-refractivity contribution in [3.63, 3.8) is 0 Å². The number of nitrogens with one attached hydrogen (secondary N) is 1. The summed E-state index contributed by atoms with van der Waals surface area (Å²) in [7, 11) is 4.04. The quantitative estimate of drug-likeness (QED) is 0.864. The minimum atomic E-state index is 0.0174. The van der Waals surface area contributed by atoms with Gasteiger partial charge in [0.2, 0.25) is 0 Å². The van der Waals surface area contributed by atoms with E-state index >= 15 is 0 Å². The predicted molar refractivity (Wildman–Crippen MR) is 74.4 cm³/mol. The van der Waals surface area contributed by atoms with Crippen LogP contribution in [0.3, 0.4) is 0 Å². The van der Waals surface area contributed by atoms with Crippen molar-refractivity contribution in [3.05, 3.63) is 26.6 Å². The van der Waals surface area contributed by atoms with Gasteiger partial charge in [0.15, 0.2) is 4.77 Å². The number of aromatic nitrogens is 2. The van der Waals surface area contributed by atoms with Crippen LogP contribution in [0.4, 0.5) is 0 Å². The van der Waals surface area contributed by atoms with Gasteiger partial charge in [-0.2, -0.15) is 0 Å². The molecule has 92 valence electrons. The molecule has 0 bridgehead atoms. The molecule has 17 heavy (non-hydrogen) atoms. The van der Waals surface area contributed by atoms with Crippen molar-refractivity contribution in [2.75, 3.05) is 20.6 Å². The second-order valence-electron chi connectivity index (χ2n) is 4.21. The van der Waals surface area contributed by atoms with Crippen LogP contribution in [-0.4, -0.2) is 35.1 Å². The van der Waals surface area contributed by atoms with Gasteiger partial charge in [-0.15, -0.1) is 11.3 Å². The van der Waals surface area contributed by atoms with Crippen LogP contribution in [0, 0.1) is 4.77 Å². The van der Waals surface area contributed by atoms with Gasteiger partial charge in [0, 0.05) is 6.54 Å². The first-order valence-corrected chi connectivity index (χ1v) is 6.73. The molecule has 0 amide bonds. The smallest absolute Gasteiger partial charge is 0.263 e. The summed E-state index contributed by atoms with van der Waals surface area (Å²) in [6.45, 7) is 1.61. The Bertz CT molecular complexity index is 623. The molecule has 0 fully saturated rings. The van der Waals surface area contributed by atoms with Crippen molar-refractivity contribution < 1.29 is 0 Å². The number of nitrogens with zero attached hydrogens (tertiary/aromatic N) is 2. The van der Waals surface area contributed by atoms with E-state index in [9.17, 15) is 4.79 Å². The zero-order chi connectivity index (χ0) is 12.4. The van der Waals surface area contributed by atoms with Gasteiger partial charge in [0.25, 0.3) is 5.56 Å². The van der Waals surface area contributed by atoms with Crippen LogP contribution in [-0.2, 0) is 6.54 Å². The largest absolute Gasteiger partial charge is 0.323 e. The average molecular weight is 269 g/mol. The van der Waals surface area contributed by atoms with Gasteiger partial charge in [0.05, 0.1) is 5.39 Å². The van der Waals surface area contributed by atoms with E-state index in [1.165, 1.54) is 11.3 Å². The molecule has 4 nitrogen and oxygen atoms in total. The second-order valence-corrected chi connectivity index (χ2v) is 5.51. The Kier molecular flexibility index (Phi) is 3.76. The Balaban J connectivity index is 2.33. The molecule has 0 atom stereocenters. The third-order valence-corrected chi connectivity index (χ3v) is 3.75. The lowest BCUT2D eigenvalue weighted by atomic mass is 10.3. The molecule has 0 aliphatic heterocycles. The molecule has 2 rings (SSSR count). The van der Waals surface area contributed by atoms with Crippen LogP contribution in [0.1, 0.15) is 6.42 Å². The molecular weight excluding hydrogens is 254 g/mol. The highest BCUT2D eigenvalue weighted by Gasteiger charge is 2.06. The highest BCUT2D eigenvalue weighted by Crippen LogP contribution is 2.14. The minimum absolute atomic E-state index is 0.0174. The fraction of sp³-hybridized carbons (Fsp3) is 0.455. The fourth-order valence-corrected chi connectivity index (χ4v) is 2.84. The zero-order valence-electron chi connectivity index (χ0n) is 9.90. The van der Waals surface area contributed by atoms with Crippen LogP contribution < -0.4 is 5.56 Å². The first-order chi connectivity index (χ1) is 8.09. The Morgan fingerprint density at radius 1 is 1.53 bits per heavy atom. The first kappa shape index (κ1) is 12.5. The van der Waals surface area contributed by atoms with Crippen molar-refractivity contribution >= 4 is 33.8 Å². The summed E-state index contributed by atoms with van der Waals surface area (Å²) in [5, 5.41) is 2.63. The Labute approximate surface area is 109 Å². The molecule has 2 aromatic rings. The van der Waals surface area contributed by atoms with Crippen LogP contribution in [0.5, 0.6) is 0 Å². The molecule has 0 radical (unpaired) electrons. The summed E-state index contributed by atoms with van der Waals surface area (Å²) >= 11 is 6.72. The van der Waals surface area contributed by atoms with Gasteiger partial charge in [-0.3, -0.25) is 9.36 Å². The Morgan fingerprint density at radius 2 is 2.29 bits per heavy atom. The van der Waals surface area contributed by atoms with Gasteiger partial charge in [-0.25, -0.2) is 0 Å². The predicted octanol–water partition coefficient (Wildman–Crippen LogP) is 2.07. The summed E-state index contributed by atoms with van der Waals surface area (Å²) in [5.74, 6) is 0. The number of hydrogen-bond acceptors (Lipinski definition) is 4. The standard InChI is InChI=1S/C11H15N3OS2/c1-13(2)5-3-6-14-10(15)8-4-7-17-9(8)12-11(14)16/h4,7H,3,5-6H2,1-2H3,(H,12,16). The molecule has 0 spiro atoms. The van der Waals surface area contributed by atoms with Gasteiger partial charge in [-0.05, 0) is 50.7 Å². The lowest BCUT2D eigenvalue weighted by Crippen LogP contribution is -2.24. The molecule has 0 aromatic carbocycles. The number of thiophene rings is 1. The number of aromatic amines is 1. The summed E-state index contributed by atoms with van der Waals surface area (Å²) in [6.07, 6.45) is 0.917. The van der Waals surface area contributed by atoms with E-state index in [-0.39, 0.29) is 5.56 Å². The average Bonchev–Trinajstić information content (AvgIpc) is 2.70. The van der Waals surface area contributed by atoms with Crippen LogP contribution in [0.15, 0.2) is 16.2 Å². The lowest BCUT2D eigenvalue weighted by molar-refractivity contribution is 0.384. The third-order valence-electron chi connectivity index (χ3n) is 2.59. The zero-order valence-corrected chi connectivity index (χ0v) is 11.5. The van der Waals surface area contributed by atoms with Gasteiger partial charge < -0.3 is 9.88 Å². The molecule has 6 heteroatoms. The summed E-state index contributed by atoms with van der Waals surface area (Å²) < 4.78 is 2.16. The molecule has 0 aliphatic rings. The van der Waals surface area contributed by atoms with Crippen molar-refractivity contribution in [2.45, 2.75) is 13.0 Å². The van der Waals surface area contributed by atoms with Crippen molar-refractivity contribution in [3.8, 4) is 0 Å². The monoisotopic (exact) mass is 269 g/mol. The van der Waals surface area contributed by atoms with Crippen LogP contribution >= 0.6 is 23.6 Å². The normalized spacial score (nSPS) is 11.5. The van der Waals surface area contributed by atoms with Gasteiger partial charge >= 0.3 is 0 Å². The molecule has 0 aliphatic carbocycles. The van der Waals surface area contributed by atoms with Gasteiger partial charge in [-0.1, -0.05) is 0 Å². The van der Waals surface area contributed by atoms with Crippen molar-refractivity contribution in [1.29, 1.82) is 0 Å². The van der Waals surface area contributed by atoms with Crippen LogP contribution in [0.25, 0.3) is 10.2 Å². The minimum Gasteiger partial charge on any atom is -0.323 e. The number of hydrogen-bond donors (Lipinski definition) is 1. The fourth-order valence-electron chi connectivity index (χ4n) is 1.72. The maximum absolute atomic E-state index is 12.2. The van der Waals surface area contributed by atoms with E-state index < -0.39 is 0 Å². The SMILES string of the molecule is CN(C)CCCn1c(=S)[nH]c2sccc2c1=O. The Hall–Kier alpha value is -0.980. The maximum Gasteiger partial charge on any atom is 0.263 e. The molecule has 0 unspecified atom stereocenters. The summed E-state index contributed by atoms with van der Waals surface area (Å²) in [4.78, 5) is 18.2. The summed E-state index contributed by atoms with van der Waals surface area (Å²) in [6, 6.07) is 1.84. The molecule has 0 saturated heterocycles. The molecule has 1 N–H and O–H groups in total. The molecular formula is C11H15N3OS2. The van der Waals surface area contributed by atoms with E-state index in [4.69, 9.17) is 12.2 Å². The Morgan fingerprint density at radius 3 is 3.00 bits per heavy atom. The lowest BCUT2D eigenvalue weighted by Gasteiger charge is -2.10. The van der Waals surface area contributed by atoms with Crippen LogP contribution in [0.2, 0.25) is 0 Å². The van der Waals surface area contributed by atoms with Crippen molar-refractivity contribution in [2.24, 2.45) is 0 Å². The highest BCUT2D eigenvalue weighted by atomic mass is 32.1. The van der Waals surface area contributed by atoms with E-state index in [2.05, 4.69) is 9.88 Å². The van der Waals surface area contributed by atoms with E-state index in [0.717, 1.165) is 23.2 Å². The third kappa shape index (κ3) is 2.65. The van der Waals surface area contributed by atoms with E-state index in [1.807, 2.05) is 25.5 Å². The molecule has 2 aromatic heterocycles.